The summed E-state index contributed by atoms with van der Waals surface area (Å²) in [5.41, 5.74) is -0.516. The van der Waals surface area contributed by atoms with E-state index in [0.29, 0.717) is 5.92 Å². The Hall–Kier alpha value is -1.06. The largest absolute Gasteiger partial charge is 0.342 e. The Kier molecular flexibility index (Phi) is 4.23. The predicted octanol–water partition coefficient (Wildman–Crippen LogP) is 2.62. The lowest BCUT2D eigenvalue weighted by atomic mass is 9.79. The molecule has 1 saturated heterocycles. The summed E-state index contributed by atoms with van der Waals surface area (Å²) in [6.45, 7) is 2.83. The lowest BCUT2D eigenvalue weighted by Crippen LogP contribution is -2.71. The highest BCUT2D eigenvalue weighted by atomic mass is 16.2. The quantitative estimate of drug-likeness (QED) is 0.869. The van der Waals surface area contributed by atoms with Gasteiger partial charge in [-0.05, 0) is 38.0 Å². The molecule has 0 radical (unpaired) electrons. The highest BCUT2D eigenvalue weighted by Crippen LogP contribution is 2.40. The van der Waals surface area contributed by atoms with Gasteiger partial charge in [-0.1, -0.05) is 39.0 Å². The SMILES string of the molecule is CCCN1C(=O)C(C2CCCCC2)NC(=O)C12CCCC2. The van der Waals surface area contributed by atoms with E-state index in [1.165, 1.54) is 19.3 Å². The van der Waals surface area contributed by atoms with E-state index in [1.54, 1.807) is 0 Å². The first kappa shape index (κ1) is 14.9. The molecule has 1 aliphatic heterocycles. The highest BCUT2D eigenvalue weighted by Gasteiger charge is 2.54. The van der Waals surface area contributed by atoms with Crippen LogP contribution in [0.5, 0.6) is 0 Å². The summed E-state index contributed by atoms with van der Waals surface area (Å²) < 4.78 is 0. The smallest absolute Gasteiger partial charge is 0.246 e. The van der Waals surface area contributed by atoms with Gasteiger partial charge in [0.2, 0.25) is 11.8 Å². The molecule has 1 N–H and O–H groups in total. The van der Waals surface area contributed by atoms with Gasteiger partial charge in [0.05, 0.1) is 0 Å². The number of amides is 2. The first-order valence-electron chi connectivity index (χ1n) is 8.81. The highest BCUT2D eigenvalue weighted by molar-refractivity contribution is 6.00. The number of rotatable bonds is 3. The summed E-state index contributed by atoms with van der Waals surface area (Å²) in [5.74, 6) is 0.683. The molecule has 21 heavy (non-hydrogen) atoms. The van der Waals surface area contributed by atoms with Crippen molar-refractivity contribution in [2.24, 2.45) is 5.92 Å². The van der Waals surface area contributed by atoms with Crippen molar-refractivity contribution in [3.63, 3.8) is 0 Å². The van der Waals surface area contributed by atoms with E-state index in [9.17, 15) is 9.59 Å². The summed E-state index contributed by atoms with van der Waals surface area (Å²) in [6, 6.07) is -0.254. The van der Waals surface area contributed by atoms with Crippen LogP contribution >= 0.6 is 0 Å². The molecule has 118 valence electrons. The zero-order valence-electron chi connectivity index (χ0n) is 13.2. The number of nitrogens with one attached hydrogen (secondary N) is 1. The molecule has 1 atom stereocenters. The fraction of sp³-hybridized carbons (Fsp3) is 0.882. The van der Waals surface area contributed by atoms with E-state index in [1.807, 2.05) is 4.90 Å². The molecule has 0 aromatic rings. The van der Waals surface area contributed by atoms with Gasteiger partial charge in [0.1, 0.15) is 11.6 Å². The molecule has 4 heteroatoms. The van der Waals surface area contributed by atoms with Crippen molar-refractivity contribution in [2.45, 2.75) is 82.7 Å². The van der Waals surface area contributed by atoms with Gasteiger partial charge >= 0.3 is 0 Å². The second-order valence-corrected chi connectivity index (χ2v) is 7.08. The molecule has 2 amide bonds. The van der Waals surface area contributed by atoms with Gasteiger partial charge in [-0.2, -0.15) is 0 Å². The molecule has 4 nitrogen and oxygen atoms in total. The van der Waals surface area contributed by atoms with Crippen molar-refractivity contribution < 1.29 is 9.59 Å². The Morgan fingerprint density at radius 2 is 1.76 bits per heavy atom. The number of hydrogen-bond acceptors (Lipinski definition) is 2. The zero-order valence-corrected chi connectivity index (χ0v) is 13.2. The normalized spacial score (nSPS) is 30.0. The molecule has 0 bridgehead atoms. The van der Waals surface area contributed by atoms with Gasteiger partial charge in [-0.3, -0.25) is 9.59 Å². The molecule has 1 spiro atoms. The molecule has 0 aromatic carbocycles. The fourth-order valence-corrected chi connectivity index (χ4v) is 4.63. The maximum absolute atomic E-state index is 13.0. The average Bonchev–Trinajstić information content (AvgIpc) is 2.99. The van der Waals surface area contributed by atoms with Crippen LogP contribution < -0.4 is 5.32 Å². The Labute approximate surface area is 127 Å². The van der Waals surface area contributed by atoms with Crippen molar-refractivity contribution in [3.05, 3.63) is 0 Å². The van der Waals surface area contributed by atoms with Crippen LogP contribution in [0.15, 0.2) is 0 Å². The van der Waals surface area contributed by atoms with Crippen LogP contribution in [0.4, 0.5) is 0 Å². The molecule has 1 heterocycles. The number of nitrogens with zero attached hydrogens (tertiary/aromatic N) is 1. The Balaban J connectivity index is 1.84. The van der Waals surface area contributed by atoms with Gasteiger partial charge in [0, 0.05) is 6.54 Å². The molecule has 3 rings (SSSR count). The van der Waals surface area contributed by atoms with Crippen LogP contribution in [0.1, 0.15) is 71.1 Å². The second kappa shape index (κ2) is 5.98. The summed E-state index contributed by atoms with van der Waals surface area (Å²) in [7, 11) is 0. The maximum atomic E-state index is 13.0. The summed E-state index contributed by atoms with van der Waals surface area (Å²) in [4.78, 5) is 27.8. The van der Waals surface area contributed by atoms with Crippen LogP contribution in [0, 0.1) is 5.92 Å². The molecule has 1 unspecified atom stereocenters. The van der Waals surface area contributed by atoms with Gasteiger partial charge in [0.15, 0.2) is 0 Å². The Morgan fingerprint density at radius 1 is 1.10 bits per heavy atom. The van der Waals surface area contributed by atoms with Crippen LogP contribution in [0.2, 0.25) is 0 Å². The van der Waals surface area contributed by atoms with E-state index in [4.69, 9.17) is 0 Å². The minimum Gasteiger partial charge on any atom is -0.342 e. The molecule has 3 aliphatic rings. The van der Waals surface area contributed by atoms with E-state index >= 15 is 0 Å². The van der Waals surface area contributed by atoms with E-state index < -0.39 is 5.54 Å². The predicted molar refractivity (Wildman–Crippen MR) is 81.7 cm³/mol. The van der Waals surface area contributed by atoms with E-state index in [-0.39, 0.29) is 17.9 Å². The molecular weight excluding hydrogens is 264 g/mol. The minimum absolute atomic E-state index is 0.128. The van der Waals surface area contributed by atoms with Gasteiger partial charge in [0.25, 0.3) is 0 Å². The third kappa shape index (κ3) is 2.47. The van der Waals surface area contributed by atoms with Crippen molar-refractivity contribution in [1.29, 1.82) is 0 Å². The maximum Gasteiger partial charge on any atom is 0.246 e. The summed E-state index contributed by atoms with van der Waals surface area (Å²) >= 11 is 0. The monoisotopic (exact) mass is 292 g/mol. The fourth-order valence-electron chi connectivity index (χ4n) is 4.63. The molecule has 3 fully saturated rings. The summed E-state index contributed by atoms with van der Waals surface area (Å²) in [5, 5.41) is 3.13. The minimum atomic E-state index is -0.516. The number of piperazine rings is 1. The second-order valence-electron chi connectivity index (χ2n) is 7.08. The molecule has 2 aliphatic carbocycles. The van der Waals surface area contributed by atoms with Gasteiger partial charge in [-0.25, -0.2) is 0 Å². The van der Waals surface area contributed by atoms with Gasteiger partial charge < -0.3 is 10.2 Å². The summed E-state index contributed by atoms with van der Waals surface area (Å²) in [6.07, 6.45) is 10.6. The van der Waals surface area contributed by atoms with Crippen molar-refractivity contribution in [2.75, 3.05) is 6.54 Å². The first-order valence-corrected chi connectivity index (χ1v) is 8.81. The van der Waals surface area contributed by atoms with Crippen molar-refractivity contribution >= 4 is 11.8 Å². The average molecular weight is 292 g/mol. The third-order valence-corrected chi connectivity index (χ3v) is 5.76. The van der Waals surface area contributed by atoms with Gasteiger partial charge in [-0.15, -0.1) is 0 Å². The first-order chi connectivity index (χ1) is 10.2. The lowest BCUT2D eigenvalue weighted by molar-refractivity contribution is -0.159. The topological polar surface area (TPSA) is 49.4 Å². The third-order valence-electron chi connectivity index (χ3n) is 5.76. The lowest BCUT2D eigenvalue weighted by Gasteiger charge is -2.48. The van der Waals surface area contributed by atoms with Crippen LogP contribution in [-0.2, 0) is 9.59 Å². The Morgan fingerprint density at radius 3 is 2.38 bits per heavy atom. The van der Waals surface area contributed by atoms with E-state index in [2.05, 4.69) is 12.2 Å². The van der Waals surface area contributed by atoms with Crippen LogP contribution in [0.3, 0.4) is 0 Å². The van der Waals surface area contributed by atoms with Crippen LogP contribution in [-0.4, -0.2) is 34.8 Å². The van der Waals surface area contributed by atoms with Crippen molar-refractivity contribution in [3.8, 4) is 0 Å². The molecule has 2 saturated carbocycles. The molecule has 0 aromatic heterocycles. The van der Waals surface area contributed by atoms with Crippen molar-refractivity contribution in [1.82, 2.24) is 10.2 Å². The number of carbonyl (C=O) groups excluding carboxylic acids is 2. The zero-order chi connectivity index (χ0) is 14.9. The Bertz CT molecular complexity index is 409. The standard InChI is InChI=1S/C17H28N2O2/c1-2-12-19-15(20)14(13-8-4-3-5-9-13)18-16(21)17(19)10-6-7-11-17/h13-14H,2-12H2,1H3,(H,18,21). The molecular formula is C17H28N2O2. The van der Waals surface area contributed by atoms with Crippen LogP contribution in [0.25, 0.3) is 0 Å². The number of hydrogen-bond donors (Lipinski definition) is 1. The van der Waals surface area contributed by atoms with E-state index in [0.717, 1.165) is 51.5 Å². The number of carbonyl (C=O) groups is 2.